The predicted octanol–water partition coefficient (Wildman–Crippen LogP) is 5.23. The third-order valence-electron chi connectivity index (χ3n) is 7.42. The lowest BCUT2D eigenvalue weighted by Gasteiger charge is -2.14. The number of rotatable bonds is 26. The highest BCUT2D eigenvalue weighted by molar-refractivity contribution is 5.79. The first-order valence-corrected chi connectivity index (χ1v) is 16.5. The number of benzene rings is 3. The Balaban J connectivity index is 0.840. The van der Waals surface area contributed by atoms with Crippen LogP contribution in [0.3, 0.4) is 0 Å². The Labute approximate surface area is 278 Å². The van der Waals surface area contributed by atoms with Crippen molar-refractivity contribution in [3.8, 4) is 11.1 Å². The number of ether oxygens (including phenoxy) is 8. The highest BCUT2D eigenvalue weighted by atomic mass is 16.6. The normalized spacial score (nSPS) is 12.2. The Morgan fingerprint density at radius 3 is 1.45 bits per heavy atom. The fraction of sp³-hybridized carbons (Fsp3) is 0.486. The van der Waals surface area contributed by atoms with E-state index in [1.807, 2.05) is 54.6 Å². The fourth-order valence-electron chi connectivity index (χ4n) is 5.10. The van der Waals surface area contributed by atoms with Gasteiger partial charge in [0.05, 0.1) is 85.9 Å². The first kappa shape index (κ1) is 36.5. The lowest BCUT2D eigenvalue weighted by atomic mass is 9.98. The molecular weight excluding hydrogens is 602 g/mol. The Kier molecular flexibility index (Phi) is 17.9. The summed E-state index contributed by atoms with van der Waals surface area (Å²) < 4.78 is 44.2. The Morgan fingerprint density at radius 1 is 0.511 bits per heavy atom. The van der Waals surface area contributed by atoms with E-state index in [1.165, 1.54) is 22.3 Å². The topological polar surface area (TPSA) is 103 Å². The molecule has 1 N–H and O–H groups in total. The molecule has 0 radical (unpaired) electrons. The zero-order valence-corrected chi connectivity index (χ0v) is 27.3. The van der Waals surface area contributed by atoms with Crippen molar-refractivity contribution >= 4 is 6.09 Å². The van der Waals surface area contributed by atoms with E-state index in [9.17, 15) is 4.79 Å². The van der Waals surface area contributed by atoms with Gasteiger partial charge in [-0.2, -0.15) is 0 Å². The Hall–Kier alpha value is -3.35. The van der Waals surface area contributed by atoms with Crippen molar-refractivity contribution in [2.75, 3.05) is 99.0 Å². The van der Waals surface area contributed by atoms with Gasteiger partial charge in [-0.25, -0.2) is 4.79 Å². The second-order valence-electron chi connectivity index (χ2n) is 10.8. The van der Waals surface area contributed by atoms with Crippen molar-refractivity contribution in [1.29, 1.82) is 0 Å². The molecule has 1 aliphatic rings. The average Bonchev–Trinajstić information content (AvgIpc) is 3.43. The second kappa shape index (κ2) is 23.1. The van der Waals surface area contributed by atoms with Crippen LogP contribution in [0.1, 0.15) is 29.0 Å². The van der Waals surface area contributed by atoms with Crippen LogP contribution in [0.25, 0.3) is 11.1 Å². The molecule has 47 heavy (non-hydrogen) atoms. The lowest BCUT2D eigenvalue weighted by Crippen LogP contribution is -2.27. The van der Waals surface area contributed by atoms with E-state index in [0.717, 1.165) is 5.56 Å². The molecule has 3 aromatic rings. The van der Waals surface area contributed by atoms with Crippen molar-refractivity contribution in [2.24, 2.45) is 0 Å². The van der Waals surface area contributed by atoms with Crippen LogP contribution in [0.2, 0.25) is 0 Å². The highest BCUT2D eigenvalue weighted by Gasteiger charge is 2.28. The molecule has 0 fully saturated rings. The van der Waals surface area contributed by atoms with Gasteiger partial charge in [0, 0.05) is 19.1 Å². The van der Waals surface area contributed by atoms with Crippen LogP contribution in [0.4, 0.5) is 4.79 Å². The van der Waals surface area contributed by atoms with Gasteiger partial charge in [-0.05, 0) is 34.2 Å². The van der Waals surface area contributed by atoms with Crippen LogP contribution in [0.15, 0.2) is 78.9 Å². The van der Waals surface area contributed by atoms with Crippen molar-refractivity contribution in [2.45, 2.75) is 18.9 Å². The van der Waals surface area contributed by atoms with E-state index in [1.54, 1.807) is 0 Å². The second-order valence-corrected chi connectivity index (χ2v) is 10.8. The predicted molar refractivity (Wildman–Crippen MR) is 179 cm³/mol. The van der Waals surface area contributed by atoms with Crippen LogP contribution in [-0.2, 0) is 44.5 Å². The van der Waals surface area contributed by atoms with Gasteiger partial charge in [0.25, 0.3) is 0 Å². The average molecular weight is 652 g/mol. The van der Waals surface area contributed by atoms with Gasteiger partial charge in [-0.15, -0.1) is 0 Å². The molecule has 0 heterocycles. The van der Waals surface area contributed by atoms with Gasteiger partial charge in [-0.3, -0.25) is 0 Å². The molecule has 0 saturated carbocycles. The van der Waals surface area contributed by atoms with E-state index in [4.69, 9.17) is 37.9 Å². The standard InChI is InChI=1S/C37H49NO9/c39-37(47-30-36-34-13-6-4-11-32(34)33-12-5-7-14-35(33)36)38-15-8-16-40-17-18-41-19-20-42-21-22-43-23-24-44-25-26-45-27-28-46-29-31-9-2-1-3-10-31/h1-7,9-14,36H,8,15-30H2,(H,38,39). The summed E-state index contributed by atoms with van der Waals surface area (Å²) in [6.07, 6.45) is 0.281. The largest absolute Gasteiger partial charge is 0.449 e. The summed E-state index contributed by atoms with van der Waals surface area (Å²) in [4.78, 5) is 12.2. The third-order valence-corrected chi connectivity index (χ3v) is 7.42. The maximum atomic E-state index is 12.2. The van der Waals surface area contributed by atoms with Crippen LogP contribution in [0.5, 0.6) is 0 Å². The molecule has 256 valence electrons. The first-order chi connectivity index (χ1) is 23.3. The quantitative estimate of drug-likeness (QED) is 0.117. The van der Waals surface area contributed by atoms with Crippen LogP contribution in [0, 0.1) is 0 Å². The monoisotopic (exact) mass is 651 g/mol. The van der Waals surface area contributed by atoms with Gasteiger partial charge in [-0.1, -0.05) is 78.9 Å². The molecule has 1 aliphatic carbocycles. The van der Waals surface area contributed by atoms with Crippen LogP contribution < -0.4 is 5.32 Å². The fourth-order valence-corrected chi connectivity index (χ4v) is 5.10. The smallest absolute Gasteiger partial charge is 0.407 e. The number of hydrogen-bond acceptors (Lipinski definition) is 9. The number of hydrogen-bond donors (Lipinski definition) is 1. The van der Waals surface area contributed by atoms with Crippen molar-refractivity contribution in [3.63, 3.8) is 0 Å². The number of nitrogens with one attached hydrogen (secondary N) is 1. The number of amides is 1. The molecule has 1 amide bonds. The molecule has 10 heteroatoms. The zero-order chi connectivity index (χ0) is 32.6. The summed E-state index contributed by atoms with van der Waals surface area (Å²) in [7, 11) is 0. The van der Waals surface area contributed by atoms with E-state index in [-0.39, 0.29) is 5.92 Å². The van der Waals surface area contributed by atoms with Gasteiger partial charge in [0.15, 0.2) is 0 Å². The van der Waals surface area contributed by atoms with Gasteiger partial charge in [0.1, 0.15) is 6.61 Å². The Bertz CT molecular complexity index is 1210. The molecule has 0 spiro atoms. The zero-order valence-electron chi connectivity index (χ0n) is 27.3. The van der Waals surface area contributed by atoms with Crippen LogP contribution in [-0.4, -0.2) is 105 Å². The lowest BCUT2D eigenvalue weighted by molar-refractivity contribution is -0.0212. The maximum absolute atomic E-state index is 12.2. The van der Waals surface area contributed by atoms with Gasteiger partial charge in [0.2, 0.25) is 0 Å². The van der Waals surface area contributed by atoms with E-state index in [0.29, 0.717) is 112 Å². The van der Waals surface area contributed by atoms with Gasteiger partial charge < -0.3 is 43.2 Å². The molecule has 0 unspecified atom stereocenters. The number of carbonyl (C=O) groups excluding carboxylic acids is 1. The molecule has 0 saturated heterocycles. The summed E-state index contributed by atoms with van der Waals surface area (Å²) in [6, 6.07) is 26.7. The molecule has 0 aromatic heterocycles. The summed E-state index contributed by atoms with van der Waals surface area (Å²) in [5, 5.41) is 2.81. The molecule has 3 aromatic carbocycles. The third kappa shape index (κ3) is 14.1. The SMILES string of the molecule is O=C(NCCCOCCOCCOCCOCCOCCOCCOCc1ccccc1)OCC1c2ccccc2-c2ccccc21. The molecule has 10 nitrogen and oxygen atoms in total. The summed E-state index contributed by atoms with van der Waals surface area (Å²) in [5.41, 5.74) is 5.98. The van der Waals surface area contributed by atoms with E-state index in [2.05, 4.69) is 29.6 Å². The summed E-state index contributed by atoms with van der Waals surface area (Å²) in [5.74, 6) is 0.0552. The Morgan fingerprint density at radius 2 is 0.936 bits per heavy atom. The molecule has 0 atom stereocenters. The van der Waals surface area contributed by atoms with Crippen LogP contribution >= 0.6 is 0 Å². The highest BCUT2D eigenvalue weighted by Crippen LogP contribution is 2.44. The maximum Gasteiger partial charge on any atom is 0.407 e. The summed E-state index contributed by atoms with van der Waals surface area (Å²) >= 11 is 0. The minimum Gasteiger partial charge on any atom is -0.449 e. The molecule has 4 rings (SSSR count). The van der Waals surface area contributed by atoms with Crippen molar-refractivity contribution < 1.29 is 42.7 Å². The van der Waals surface area contributed by atoms with E-state index < -0.39 is 6.09 Å². The molecule has 0 bridgehead atoms. The minimum absolute atomic E-state index is 0.0552. The summed E-state index contributed by atoms with van der Waals surface area (Å²) in [6.45, 7) is 8.09. The van der Waals surface area contributed by atoms with Crippen molar-refractivity contribution in [3.05, 3.63) is 95.6 Å². The number of alkyl carbamates (subject to hydrolysis) is 1. The molecule has 0 aliphatic heterocycles. The van der Waals surface area contributed by atoms with Gasteiger partial charge >= 0.3 is 6.09 Å². The first-order valence-electron chi connectivity index (χ1n) is 16.5. The number of fused-ring (bicyclic) bond motifs is 3. The number of carbonyl (C=O) groups is 1. The van der Waals surface area contributed by atoms with E-state index >= 15 is 0 Å². The van der Waals surface area contributed by atoms with Crippen molar-refractivity contribution in [1.82, 2.24) is 5.32 Å². The molecular formula is C37H49NO9. The minimum atomic E-state index is -0.410.